The van der Waals surface area contributed by atoms with Crippen LogP contribution in [-0.2, 0) is 4.79 Å². The Balaban J connectivity index is 3.68. The summed E-state index contributed by atoms with van der Waals surface area (Å²) < 4.78 is 0. The number of hydrogen-bond donors (Lipinski definition) is 5. The Hall–Kier alpha value is -1.73. The van der Waals surface area contributed by atoms with E-state index in [4.69, 9.17) is 0 Å². The van der Waals surface area contributed by atoms with Gasteiger partial charge in [0.2, 0.25) is 5.91 Å². The molecule has 0 saturated heterocycles. The molecule has 0 aromatic heterocycles. The van der Waals surface area contributed by atoms with Crippen molar-refractivity contribution in [1.29, 1.82) is 0 Å². The van der Waals surface area contributed by atoms with E-state index in [0.29, 0.717) is 19.3 Å². The van der Waals surface area contributed by atoms with Gasteiger partial charge in [0.15, 0.2) is 0 Å². The van der Waals surface area contributed by atoms with Crippen molar-refractivity contribution < 1.29 is 25.2 Å². The Kier molecular flexibility index (Phi) is 56.7. The summed E-state index contributed by atoms with van der Waals surface area (Å²) in [6.07, 6.45) is 74.9. The van der Waals surface area contributed by atoms with Crippen LogP contribution in [0.1, 0.15) is 322 Å². The molecule has 0 aromatic carbocycles. The molecule has 0 aliphatic carbocycles. The molecule has 4 atom stereocenters. The minimum Gasteiger partial charge on any atom is -0.394 e. The van der Waals surface area contributed by atoms with Crippen molar-refractivity contribution >= 4 is 5.91 Å². The van der Waals surface area contributed by atoms with Crippen LogP contribution in [0.2, 0.25) is 0 Å². The molecule has 1 amide bonds. The highest BCUT2D eigenvalue weighted by molar-refractivity contribution is 5.80. The molecule has 0 fully saturated rings. The van der Waals surface area contributed by atoms with Crippen LogP contribution in [0.4, 0.5) is 0 Å². The Morgan fingerprint density at radius 3 is 0.900 bits per heavy atom. The molecule has 0 aromatic rings. The van der Waals surface area contributed by atoms with Gasteiger partial charge < -0.3 is 25.7 Å². The van der Waals surface area contributed by atoms with Crippen molar-refractivity contribution in [3.63, 3.8) is 0 Å². The lowest BCUT2D eigenvalue weighted by Gasteiger charge is -2.27. The molecule has 0 bridgehead atoms. The zero-order valence-corrected chi connectivity index (χ0v) is 46.8. The van der Waals surface area contributed by atoms with E-state index < -0.39 is 36.9 Å². The third-order valence-electron chi connectivity index (χ3n) is 14.5. The molecule has 0 heterocycles. The molecule has 412 valence electrons. The van der Waals surface area contributed by atoms with E-state index in [1.807, 2.05) is 0 Å². The van der Waals surface area contributed by atoms with E-state index in [2.05, 4.69) is 67.8 Å². The van der Waals surface area contributed by atoms with Crippen LogP contribution < -0.4 is 5.32 Å². The summed E-state index contributed by atoms with van der Waals surface area (Å²) in [5.41, 5.74) is 0. The Morgan fingerprint density at radius 1 is 0.343 bits per heavy atom. The van der Waals surface area contributed by atoms with Gasteiger partial charge in [-0.2, -0.15) is 0 Å². The normalized spacial score (nSPS) is 14.0. The average molecular weight is 985 g/mol. The fourth-order valence-electron chi connectivity index (χ4n) is 9.61. The standard InChI is InChI=1S/C64H121NO5/c1-3-5-7-9-11-13-15-17-19-21-23-25-27-29-31-33-35-37-39-41-43-45-47-49-51-53-55-57-61(67)63(69)60(59-66)65-64(70)62(68)58-56-54-52-50-48-46-44-42-40-38-36-34-32-30-28-26-24-22-20-18-16-14-12-10-8-6-4-2/h30,32-33,35,41,43,49,51,60-63,66-69H,3-29,31,34,36-40,42,44-48,50,52-59H2,1-2H3,(H,65,70)/b32-30-,35-33+,43-41+,51-49+. The minimum atomic E-state index is -1.30. The van der Waals surface area contributed by atoms with Gasteiger partial charge in [-0.25, -0.2) is 0 Å². The number of nitrogens with one attached hydrogen (secondary N) is 1. The molecule has 6 nitrogen and oxygen atoms in total. The first-order chi connectivity index (χ1) is 34.5. The summed E-state index contributed by atoms with van der Waals surface area (Å²) in [5.74, 6) is -0.597. The first kappa shape index (κ1) is 68.3. The monoisotopic (exact) mass is 984 g/mol. The first-order valence-corrected chi connectivity index (χ1v) is 31.0. The minimum absolute atomic E-state index is 0.357. The van der Waals surface area contributed by atoms with E-state index in [1.54, 1.807) is 0 Å². The SMILES string of the molecule is CCCCCCCCCCCCCC/C=C\CCCCCCCCCCCCCC(O)C(=O)NC(CO)C(O)C(O)CCC/C=C/CC/C=C/CC/C=C/CCCCCCCCCCCCCCCC. The molecule has 0 aliphatic rings. The summed E-state index contributed by atoms with van der Waals surface area (Å²) in [4.78, 5) is 12.6. The lowest BCUT2D eigenvalue weighted by molar-refractivity contribution is -0.132. The summed E-state index contributed by atoms with van der Waals surface area (Å²) in [5, 5.41) is 44.0. The van der Waals surface area contributed by atoms with Crippen LogP contribution in [0.3, 0.4) is 0 Å². The fourth-order valence-corrected chi connectivity index (χ4v) is 9.61. The molecule has 0 radical (unpaired) electrons. The number of carbonyl (C=O) groups is 1. The van der Waals surface area contributed by atoms with Gasteiger partial charge in [-0.1, -0.05) is 281 Å². The summed E-state index contributed by atoms with van der Waals surface area (Å²) in [6, 6.07) is -1.01. The van der Waals surface area contributed by atoms with Gasteiger partial charge in [-0.15, -0.1) is 0 Å². The van der Waals surface area contributed by atoms with E-state index in [-0.39, 0.29) is 0 Å². The molecule has 0 spiro atoms. The van der Waals surface area contributed by atoms with Crippen molar-refractivity contribution in [3.05, 3.63) is 48.6 Å². The van der Waals surface area contributed by atoms with Crippen LogP contribution in [-0.4, -0.2) is 57.3 Å². The molecular formula is C64H121NO5. The zero-order chi connectivity index (χ0) is 50.9. The number of carbonyl (C=O) groups excluding carboxylic acids is 1. The van der Waals surface area contributed by atoms with Gasteiger partial charge in [-0.05, 0) is 89.9 Å². The highest BCUT2D eigenvalue weighted by Crippen LogP contribution is 2.17. The van der Waals surface area contributed by atoms with Crippen molar-refractivity contribution in [1.82, 2.24) is 5.32 Å². The van der Waals surface area contributed by atoms with Crippen LogP contribution in [0.25, 0.3) is 0 Å². The number of amides is 1. The number of aliphatic hydroxyl groups excluding tert-OH is 4. The van der Waals surface area contributed by atoms with Gasteiger partial charge >= 0.3 is 0 Å². The number of allylic oxidation sites excluding steroid dienone is 8. The average Bonchev–Trinajstić information content (AvgIpc) is 3.36. The van der Waals surface area contributed by atoms with Crippen molar-refractivity contribution in [2.75, 3.05) is 6.61 Å². The molecular weight excluding hydrogens is 863 g/mol. The van der Waals surface area contributed by atoms with Crippen molar-refractivity contribution in [2.24, 2.45) is 0 Å². The molecule has 0 rings (SSSR count). The highest BCUT2D eigenvalue weighted by atomic mass is 16.3. The maximum Gasteiger partial charge on any atom is 0.249 e. The number of aliphatic hydroxyl groups is 4. The quantitative estimate of drug-likeness (QED) is 0.0308. The van der Waals surface area contributed by atoms with Gasteiger partial charge in [-0.3, -0.25) is 4.79 Å². The molecule has 5 N–H and O–H groups in total. The van der Waals surface area contributed by atoms with Crippen LogP contribution >= 0.6 is 0 Å². The predicted molar refractivity (Wildman–Crippen MR) is 307 cm³/mol. The van der Waals surface area contributed by atoms with E-state index in [0.717, 1.165) is 51.4 Å². The van der Waals surface area contributed by atoms with E-state index in [1.165, 1.54) is 238 Å². The second-order valence-electron chi connectivity index (χ2n) is 21.4. The van der Waals surface area contributed by atoms with Crippen molar-refractivity contribution in [3.8, 4) is 0 Å². The third kappa shape index (κ3) is 51.2. The zero-order valence-electron chi connectivity index (χ0n) is 46.8. The van der Waals surface area contributed by atoms with Gasteiger partial charge in [0.25, 0.3) is 0 Å². The van der Waals surface area contributed by atoms with Gasteiger partial charge in [0.1, 0.15) is 12.2 Å². The second kappa shape index (κ2) is 58.2. The van der Waals surface area contributed by atoms with Gasteiger partial charge in [0.05, 0.1) is 18.8 Å². The van der Waals surface area contributed by atoms with Crippen LogP contribution in [0.15, 0.2) is 48.6 Å². The molecule has 70 heavy (non-hydrogen) atoms. The van der Waals surface area contributed by atoms with Crippen molar-refractivity contribution in [2.45, 2.75) is 346 Å². The third-order valence-corrected chi connectivity index (χ3v) is 14.5. The number of unbranched alkanes of at least 4 members (excludes halogenated alkanes) is 40. The summed E-state index contributed by atoms with van der Waals surface area (Å²) >= 11 is 0. The highest BCUT2D eigenvalue weighted by Gasteiger charge is 2.28. The lowest BCUT2D eigenvalue weighted by atomic mass is 10.00. The second-order valence-corrected chi connectivity index (χ2v) is 21.4. The molecule has 6 heteroatoms. The lowest BCUT2D eigenvalue weighted by Crippen LogP contribution is -2.53. The Bertz CT molecular complexity index is 1150. The fraction of sp³-hybridized carbons (Fsp3) is 0.859. The van der Waals surface area contributed by atoms with E-state index in [9.17, 15) is 25.2 Å². The summed E-state index contributed by atoms with van der Waals surface area (Å²) in [7, 11) is 0. The first-order valence-electron chi connectivity index (χ1n) is 31.0. The molecule has 0 aliphatic heterocycles. The maximum atomic E-state index is 12.6. The van der Waals surface area contributed by atoms with Crippen LogP contribution in [0, 0.1) is 0 Å². The van der Waals surface area contributed by atoms with Crippen LogP contribution in [0.5, 0.6) is 0 Å². The molecule has 0 saturated carbocycles. The number of rotatable bonds is 57. The topological polar surface area (TPSA) is 110 Å². The summed E-state index contributed by atoms with van der Waals surface area (Å²) in [6.45, 7) is 4.08. The smallest absolute Gasteiger partial charge is 0.249 e. The largest absolute Gasteiger partial charge is 0.394 e. The Labute approximate surface area is 436 Å². The molecule has 4 unspecified atom stereocenters. The Morgan fingerprint density at radius 2 is 0.600 bits per heavy atom. The van der Waals surface area contributed by atoms with E-state index >= 15 is 0 Å². The number of hydrogen-bond acceptors (Lipinski definition) is 5. The predicted octanol–water partition coefficient (Wildman–Crippen LogP) is 18.5. The maximum absolute atomic E-state index is 12.6. The van der Waals surface area contributed by atoms with Gasteiger partial charge in [0, 0.05) is 0 Å².